The highest BCUT2D eigenvalue weighted by molar-refractivity contribution is 7.42. The number of allylic oxidation sites excluding steroid dienone is 1. The molecule has 0 heterocycles. The highest BCUT2D eigenvalue weighted by atomic mass is 35.7. The quantitative estimate of drug-likeness (QED) is 0.262. The SMILES string of the molecule is CCCCCCCCC=CC(=O)O[Si](C)(Cl)Cl. The highest BCUT2D eigenvalue weighted by Crippen LogP contribution is 2.15. The van der Waals surface area contributed by atoms with Crippen molar-refractivity contribution in [2.45, 2.75) is 58.4 Å². The summed E-state index contributed by atoms with van der Waals surface area (Å²) in [5.74, 6) is -0.435. The van der Waals surface area contributed by atoms with Crippen molar-refractivity contribution in [3.05, 3.63) is 12.2 Å². The minimum Gasteiger partial charge on any atom is -0.488 e. The third-order valence-corrected chi connectivity index (χ3v) is 3.28. The van der Waals surface area contributed by atoms with Gasteiger partial charge in [-0.05, 0) is 19.4 Å². The molecule has 0 aromatic rings. The number of hydrogen-bond donors (Lipinski definition) is 0. The zero-order valence-electron chi connectivity index (χ0n) is 10.7. The van der Waals surface area contributed by atoms with Crippen LogP contribution < -0.4 is 0 Å². The molecular weight excluding hydrogens is 275 g/mol. The van der Waals surface area contributed by atoms with Gasteiger partial charge < -0.3 is 4.43 Å². The maximum Gasteiger partial charge on any atom is 0.448 e. The second-order valence-corrected chi connectivity index (χ2v) is 10.9. The summed E-state index contributed by atoms with van der Waals surface area (Å²) in [4.78, 5) is 11.2. The van der Waals surface area contributed by atoms with E-state index >= 15 is 0 Å². The van der Waals surface area contributed by atoms with Gasteiger partial charge in [0.05, 0.1) is 0 Å². The van der Waals surface area contributed by atoms with Crippen molar-refractivity contribution in [2.24, 2.45) is 0 Å². The van der Waals surface area contributed by atoms with E-state index in [1.54, 1.807) is 6.55 Å². The average molecular weight is 297 g/mol. The molecule has 0 radical (unpaired) electrons. The fourth-order valence-corrected chi connectivity index (χ4v) is 2.31. The van der Waals surface area contributed by atoms with Crippen molar-refractivity contribution in [2.75, 3.05) is 0 Å². The number of carbonyl (C=O) groups excluding carboxylic acids is 1. The zero-order chi connectivity index (χ0) is 13.1. The largest absolute Gasteiger partial charge is 0.488 e. The van der Waals surface area contributed by atoms with Crippen LogP contribution in [-0.4, -0.2) is 12.9 Å². The molecule has 2 nitrogen and oxygen atoms in total. The first-order valence-electron chi connectivity index (χ1n) is 6.23. The van der Waals surface area contributed by atoms with Gasteiger partial charge in [0.25, 0.3) is 0 Å². The van der Waals surface area contributed by atoms with Crippen LogP contribution in [0.1, 0.15) is 51.9 Å². The van der Waals surface area contributed by atoms with Gasteiger partial charge in [-0.15, -0.1) is 22.2 Å². The lowest BCUT2D eigenvalue weighted by Gasteiger charge is -2.09. The molecule has 0 N–H and O–H groups in total. The summed E-state index contributed by atoms with van der Waals surface area (Å²) in [5.41, 5.74) is 0. The van der Waals surface area contributed by atoms with Crippen LogP contribution in [0.5, 0.6) is 0 Å². The topological polar surface area (TPSA) is 26.3 Å². The Bertz CT molecular complexity index is 237. The first-order chi connectivity index (χ1) is 7.95. The van der Waals surface area contributed by atoms with E-state index in [0.717, 1.165) is 12.8 Å². The molecule has 0 bridgehead atoms. The van der Waals surface area contributed by atoms with Gasteiger partial charge in [-0.2, -0.15) is 0 Å². The van der Waals surface area contributed by atoms with E-state index in [9.17, 15) is 4.79 Å². The Morgan fingerprint density at radius 1 is 1.18 bits per heavy atom. The summed E-state index contributed by atoms with van der Waals surface area (Å²) in [6.07, 6.45) is 11.7. The van der Waals surface area contributed by atoms with Crippen molar-refractivity contribution in [3.63, 3.8) is 0 Å². The Balaban J connectivity index is 3.44. The molecule has 0 aliphatic heterocycles. The van der Waals surface area contributed by atoms with Crippen LogP contribution in [0.25, 0.3) is 0 Å². The Labute approximate surface area is 115 Å². The van der Waals surface area contributed by atoms with Gasteiger partial charge in [-0.1, -0.05) is 45.1 Å². The van der Waals surface area contributed by atoms with E-state index in [1.165, 1.54) is 38.2 Å². The molecule has 0 unspecified atom stereocenters. The van der Waals surface area contributed by atoms with E-state index in [-0.39, 0.29) is 0 Å². The normalized spacial score (nSPS) is 12.0. The molecule has 0 spiro atoms. The molecule has 0 atom stereocenters. The first kappa shape index (κ1) is 17.0. The van der Waals surface area contributed by atoms with Crippen LogP contribution in [0.3, 0.4) is 0 Å². The summed E-state index contributed by atoms with van der Waals surface area (Å²) in [6.45, 7) is 0.992. The standard InChI is InChI=1S/C12H22Cl2O2Si/c1-3-4-5-6-7-8-9-10-11-12(15)16-17(2,13)14/h10-11H,3-9H2,1-2H3. The molecule has 0 saturated heterocycles. The van der Waals surface area contributed by atoms with Crippen LogP contribution in [0.15, 0.2) is 12.2 Å². The van der Waals surface area contributed by atoms with Crippen molar-refractivity contribution < 1.29 is 9.22 Å². The Hall–Kier alpha value is 0.00688. The Morgan fingerprint density at radius 2 is 1.76 bits per heavy atom. The summed E-state index contributed by atoms with van der Waals surface area (Å²) >= 11 is 11.3. The summed E-state index contributed by atoms with van der Waals surface area (Å²) in [7, 11) is 0. The summed E-state index contributed by atoms with van der Waals surface area (Å²) in [6, 6.07) is 0. The van der Waals surface area contributed by atoms with Crippen LogP contribution >= 0.6 is 22.2 Å². The molecule has 0 aliphatic carbocycles. The van der Waals surface area contributed by atoms with Gasteiger partial charge >= 0.3 is 12.9 Å². The van der Waals surface area contributed by atoms with Gasteiger partial charge in [-0.3, -0.25) is 0 Å². The van der Waals surface area contributed by atoms with Gasteiger partial charge in [0, 0.05) is 6.08 Å². The van der Waals surface area contributed by atoms with Crippen molar-refractivity contribution in [1.29, 1.82) is 0 Å². The molecular formula is C12H22Cl2O2Si. The molecule has 100 valence electrons. The lowest BCUT2D eigenvalue weighted by Crippen LogP contribution is -2.22. The third-order valence-electron chi connectivity index (χ3n) is 2.26. The van der Waals surface area contributed by atoms with Crippen molar-refractivity contribution in [1.82, 2.24) is 0 Å². The van der Waals surface area contributed by atoms with E-state index in [0.29, 0.717) is 0 Å². The molecule has 0 aliphatic rings. The average Bonchev–Trinajstić information content (AvgIpc) is 2.19. The van der Waals surface area contributed by atoms with E-state index in [1.807, 2.05) is 6.08 Å². The highest BCUT2D eigenvalue weighted by Gasteiger charge is 2.26. The number of hydrogen-bond acceptors (Lipinski definition) is 2. The van der Waals surface area contributed by atoms with E-state index < -0.39 is 12.9 Å². The van der Waals surface area contributed by atoms with Crippen LogP contribution in [0.2, 0.25) is 6.55 Å². The minimum absolute atomic E-state index is 0.435. The monoisotopic (exact) mass is 296 g/mol. The molecule has 5 heteroatoms. The van der Waals surface area contributed by atoms with E-state index in [4.69, 9.17) is 26.6 Å². The van der Waals surface area contributed by atoms with Gasteiger partial charge in [-0.25, -0.2) is 4.79 Å². The molecule has 0 fully saturated rings. The molecule has 0 aromatic heterocycles. The smallest absolute Gasteiger partial charge is 0.448 e. The second-order valence-electron chi connectivity index (χ2n) is 4.19. The lowest BCUT2D eigenvalue weighted by atomic mass is 10.1. The lowest BCUT2D eigenvalue weighted by molar-refractivity contribution is -0.129. The van der Waals surface area contributed by atoms with Crippen LogP contribution in [0.4, 0.5) is 0 Å². The molecule has 0 rings (SSSR count). The van der Waals surface area contributed by atoms with Crippen LogP contribution in [0, 0.1) is 0 Å². The zero-order valence-corrected chi connectivity index (χ0v) is 13.2. The maximum absolute atomic E-state index is 11.2. The fourth-order valence-electron chi connectivity index (χ4n) is 1.43. The Morgan fingerprint density at radius 3 is 2.35 bits per heavy atom. The number of carbonyl (C=O) groups is 1. The number of halogens is 2. The fraction of sp³-hybridized carbons (Fsp3) is 0.750. The maximum atomic E-state index is 11.2. The first-order valence-corrected chi connectivity index (χ1v) is 10.7. The molecule has 17 heavy (non-hydrogen) atoms. The summed E-state index contributed by atoms with van der Waals surface area (Å²) in [5, 5.41) is 0. The summed E-state index contributed by atoms with van der Waals surface area (Å²) < 4.78 is 4.84. The molecule has 0 saturated carbocycles. The number of unbranched alkanes of at least 4 members (excludes halogenated alkanes) is 6. The van der Waals surface area contributed by atoms with Gasteiger partial charge in [0.15, 0.2) is 0 Å². The van der Waals surface area contributed by atoms with Crippen LogP contribution in [-0.2, 0) is 9.22 Å². The van der Waals surface area contributed by atoms with Gasteiger partial charge in [0.1, 0.15) is 0 Å². The number of rotatable bonds is 9. The minimum atomic E-state index is -2.77. The second kappa shape index (κ2) is 9.98. The molecule has 0 aromatic carbocycles. The van der Waals surface area contributed by atoms with Crippen molar-refractivity contribution >= 4 is 35.1 Å². The predicted octanol–water partition coefficient (Wildman–Crippen LogP) is 4.88. The predicted molar refractivity (Wildman–Crippen MR) is 76.5 cm³/mol. The Kier molecular flexibility index (Phi) is 9.98. The molecule has 0 amide bonds. The van der Waals surface area contributed by atoms with Crippen molar-refractivity contribution in [3.8, 4) is 0 Å². The van der Waals surface area contributed by atoms with Gasteiger partial charge in [0.2, 0.25) is 0 Å². The van der Waals surface area contributed by atoms with E-state index in [2.05, 4.69) is 6.92 Å². The third kappa shape index (κ3) is 13.9.